The Morgan fingerprint density at radius 1 is 1.00 bits per heavy atom. The largest absolute Gasteiger partial charge is 0.468 e. The summed E-state index contributed by atoms with van der Waals surface area (Å²) >= 11 is 0. The first-order valence-electron chi connectivity index (χ1n) is 8.41. The Morgan fingerprint density at radius 3 is 2.27 bits per heavy atom. The number of carbonyl (C=O) groups excluding carboxylic acids is 3. The van der Waals surface area contributed by atoms with Crippen LogP contribution in [0.25, 0.3) is 0 Å². The van der Waals surface area contributed by atoms with Crippen molar-refractivity contribution in [3.05, 3.63) is 82.6 Å². The molecule has 1 aliphatic carbocycles. The molecule has 4 rings (SSSR count). The van der Waals surface area contributed by atoms with E-state index in [1.165, 1.54) is 7.11 Å². The fourth-order valence-electron chi connectivity index (χ4n) is 3.70. The van der Waals surface area contributed by atoms with Crippen molar-refractivity contribution in [2.75, 3.05) is 13.7 Å². The van der Waals surface area contributed by atoms with Crippen LogP contribution in [0.3, 0.4) is 0 Å². The standard InChI is InChI=1S/C21H17NO4/c1-26-21(25)16-12-22(11-13-7-3-2-4-8-13)18-17(16)19(23)14-9-5-6-10-15(14)20(18)24/h2-10,16H,11-12H2,1H3. The van der Waals surface area contributed by atoms with E-state index in [2.05, 4.69) is 0 Å². The van der Waals surface area contributed by atoms with Crippen molar-refractivity contribution in [2.45, 2.75) is 6.54 Å². The zero-order valence-corrected chi connectivity index (χ0v) is 14.3. The van der Waals surface area contributed by atoms with Crippen LogP contribution in [0.15, 0.2) is 65.9 Å². The average Bonchev–Trinajstić information content (AvgIpc) is 3.06. The number of ketones is 2. The number of methoxy groups -OCH3 is 1. The number of hydrogen-bond acceptors (Lipinski definition) is 5. The van der Waals surface area contributed by atoms with E-state index in [1.807, 2.05) is 35.2 Å². The van der Waals surface area contributed by atoms with Crippen molar-refractivity contribution in [1.29, 1.82) is 0 Å². The lowest BCUT2D eigenvalue weighted by atomic mass is 9.83. The van der Waals surface area contributed by atoms with Gasteiger partial charge in [-0.25, -0.2) is 0 Å². The molecule has 130 valence electrons. The molecule has 0 saturated carbocycles. The highest BCUT2D eigenvalue weighted by atomic mass is 16.5. The molecule has 0 N–H and O–H groups in total. The first-order valence-corrected chi connectivity index (χ1v) is 8.41. The summed E-state index contributed by atoms with van der Waals surface area (Å²) in [7, 11) is 1.30. The van der Waals surface area contributed by atoms with Gasteiger partial charge in [0.1, 0.15) is 5.92 Å². The summed E-state index contributed by atoms with van der Waals surface area (Å²) in [6, 6.07) is 16.4. The Kier molecular flexibility index (Phi) is 3.92. The molecular weight excluding hydrogens is 330 g/mol. The van der Waals surface area contributed by atoms with E-state index in [1.54, 1.807) is 24.3 Å². The lowest BCUT2D eigenvalue weighted by molar-refractivity contribution is -0.144. The van der Waals surface area contributed by atoms with E-state index < -0.39 is 11.9 Å². The molecular formula is C21H17NO4. The highest BCUT2D eigenvalue weighted by Crippen LogP contribution is 2.39. The Balaban J connectivity index is 1.81. The van der Waals surface area contributed by atoms with Crippen molar-refractivity contribution >= 4 is 17.5 Å². The Morgan fingerprint density at radius 2 is 1.62 bits per heavy atom. The van der Waals surface area contributed by atoms with Gasteiger partial charge in [-0.3, -0.25) is 14.4 Å². The minimum atomic E-state index is -0.747. The van der Waals surface area contributed by atoms with Crippen LogP contribution in [0.4, 0.5) is 0 Å². The van der Waals surface area contributed by atoms with E-state index in [4.69, 9.17) is 4.74 Å². The van der Waals surface area contributed by atoms with E-state index in [0.717, 1.165) is 5.56 Å². The number of fused-ring (bicyclic) bond motifs is 1. The molecule has 2 aromatic rings. The maximum Gasteiger partial charge on any atom is 0.315 e. The molecule has 5 nitrogen and oxygen atoms in total. The van der Waals surface area contributed by atoms with Crippen LogP contribution in [0, 0.1) is 5.92 Å². The molecule has 0 bridgehead atoms. The second-order valence-electron chi connectivity index (χ2n) is 6.41. The molecule has 2 aromatic carbocycles. The zero-order chi connectivity index (χ0) is 18.3. The van der Waals surface area contributed by atoms with E-state index in [9.17, 15) is 14.4 Å². The predicted octanol–water partition coefficient (Wildman–Crippen LogP) is 2.62. The van der Waals surface area contributed by atoms with E-state index >= 15 is 0 Å². The number of carbonyl (C=O) groups is 3. The zero-order valence-electron chi connectivity index (χ0n) is 14.3. The summed E-state index contributed by atoms with van der Waals surface area (Å²) in [5.74, 6) is -1.71. The first-order chi connectivity index (χ1) is 12.6. The minimum absolute atomic E-state index is 0.211. The van der Waals surface area contributed by atoms with Crippen molar-refractivity contribution in [3.63, 3.8) is 0 Å². The number of nitrogens with zero attached hydrogens (tertiary/aromatic N) is 1. The van der Waals surface area contributed by atoms with Gasteiger partial charge in [-0.1, -0.05) is 54.6 Å². The van der Waals surface area contributed by atoms with Gasteiger partial charge >= 0.3 is 5.97 Å². The number of ether oxygens (including phenoxy) is 1. The van der Waals surface area contributed by atoms with Gasteiger partial charge in [0.25, 0.3) is 0 Å². The minimum Gasteiger partial charge on any atom is -0.468 e. The van der Waals surface area contributed by atoms with Gasteiger partial charge in [0, 0.05) is 29.8 Å². The molecule has 0 spiro atoms. The van der Waals surface area contributed by atoms with Gasteiger partial charge in [-0.15, -0.1) is 0 Å². The Bertz CT molecular complexity index is 945. The van der Waals surface area contributed by atoms with Crippen molar-refractivity contribution < 1.29 is 19.1 Å². The van der Waals surface area contributed by atoms with Gasteiger partial charge in [0.2, 0.25) is 5.78 Å². The summed E-state index contributed by atoms with van der Waals surface area (Å²) < 4.78 is 4.89. The summed E-state index contributed by atoms with van der Waals surface area (Å²) in [6.45, 7) is 0.714. The van der Waals surface area contributed by atoms with Crippen LogP contribution in [0.5, 0.6) is 0 Å². The predicted molar refractivity (Wildman–Crippen MR) is 94.5 cm³/mol. The van der Waals surface area contributed by atoms with Gasteiger partial charge in [0.15, 0.2) is 5.78 Å². The highest BCUT2D eigenvalue weighted by Gasteiger charge is 2.46. The molecule has 26 heavy (non-hydrogen) atoms. The SMILES string of the molecule is COC(=O)C1CN(Cc2ccccc2)C2=C1C(=O)c1ccccc1C2=O. The number of hydrogen-bond donors (Lipinski definition) is 0. The topological polar surface area (TPSA) is 63.7 Å². The number of Topliss-reactive ketones (excluding diaryl/α,β-unsaturated/α-hetero) is 2. The molecule has 0 amide bonds. The quantitative estimate of drug-likeness (QED) is 0.799. The second kappa shape index (κ2) is 6.26. The molecule has 0 aromatic heterocycles. The molecule has 1 aliphatic heterocycles. The van der Waals surface area contributed by atoms with Crippen molar-refractivity contribution in [2.24, 2.45) is 5.92 Å². The summed E-state index contributed by atoms with van der Waals surface area (Å²) in [5.41, 5.74) is 2.33. The Hall–Kier alpha value is -3.21. The third kappa shape index (κ3) is 2.44. The van der Waals surface area contributed by atoms with Gasteiger partial charge in [-0.2, -0.15) is 0 Å². The van der Waals surface area contributed by atoms with Crippen LogP contribution in [0.2, 0.25) is 0 Å². The fourth-order valence-corrected chi connectivity index (χ4v) is 3.70. The van der Waals surface area contributed by atoms with Gasteiger partial charge in [0.05, 0.1) is 12.8 Å². The number of esters is 1. The summed E-state index contributed by atoms with van der Waals surface area (Å²) in [4.78, 5) is 40.2. The first kappa shape index (κ1) is 16.3. The molecule has 0 saturated heterocycles. The highest BCUT2D eigenvalue weighted by molar-refractivity contribution is 6.28. The normalized spacial score (nSPS) is 18.7. The second-order valence-corrected chi connectivity index (χ2v) is 6.41. The molecule has 0 fully saturated rings. The van der Waals surface area contributed by atoms with Gasteiger partial charge < -0.3 is 9.64 Å². The molecule has 2 aliphatic rings. The van der Waals surface area contributed by atoms with Crippen LogP contribution < -0.4 is 0 Å². The average molecular weight is 347 g/mol. The van der Waals surface area contributed by atoms with Crippen LogP contribution in [-0.4, -0.2) is 36.1 Å². The van der Waals surface area contributed by atoms with E-state index in [0.29, 0.717) is 23.4 Å². The maximum atomic E-state index is 13.1. The summed E-state index contributed by atoms with van der Waals surface area (Å²) in [6.07, 6.45) is 0. The van der Waals surface area contributed by atoms with Crippen LogP contribution in [-0.2, 0) is 16.1 Å². The smallest absolute Gasteiger partial charge is 0.315 e. The molecule has 1 atom stereocenters. The molecule has 1 unspecified atom stereocenters. The number of benzene rings is 2. The number of rotatable bonds is 3. The summed E-state index contributed by atoms with van der Waals surface area (Å²) in [5, 5.41) is 0. The van der Waals surface area contributed by atoms with Gasteiger partial charge in [-0.05, 0) is 5.56 Å². The van der Waals surface area contributed by atoms with Crippen LogP contribution in [0.1, 0.15) is 26.3 Å². The van der Waals surface area contributed by atoms with Crippen LogP contribution >= 0.6 is 0 Å². The fraction of sp³-hybridized carbons (Fsp3) is 0.190. The lowest BCUT2D eigenvalue weighted by Gasteiger charge is -2.24. The third-order valence-electron chi connectivity index (χ3n) is 4.90. The maximum absolute atomic E-state index is 13.1. The Labute approximate surface area is 150 Å². The van der Waals surface area contributed by atoms with Crippen molar-refractivity contribution in [3.8, 4) is 0 Å². The molecule has 0 radical (unpaired) electrons. The molecule has 1 heterocycles. The molecule has 5 heteroatoms. The monoisotopic (exact) mass is 347 g/mol. The van der Waals surface area contributed by atoms with E-state index in [-0.39, 0.29) is 23.7 Å². The lowest BCUT2D eigenvalue weighted by Crippen LogP contribution is -2.28. The van der Waals surface area contributed by atoms with Crippen molar-refractivity contribution in [1.82, 2.24) is 4.90 Å². The third-order valence-corrected chi connectivity index (χ3v) is 4.90. The number of allylic oxidation sites excluding steroid dienone is 1.